The second-order valence-electron chi connectivity index (χ2n) is 9.29. The number of carbonyl (C=O) groups is 2. The normalized spacial score (nSPS) is 12.8. The first-order chi connectivity index (χ1) is 17.9. The first-order valence-corrected chi connectivity index (χ1v) is 12.3. The number of fused-ring (bicyclic) bond motifs is 2. The van der Waals surface area contributed by atoms with Crippen LogP contribution in [-0.2, 0) is 35.6 Å². The Kier molecular flexibility index (Phi) is 6.72. The summed E-state index contributed by atoms with van der Waals surface area (Å²) in [5, 5.41) is 3.16. The van der Waals surface area contributed by atoms with E-state index in [2.05, 4.69) is 11.4 Å². The molecule has 0 atom stereocenters. The summed E-state index contributed by atoms with van der Waals surface area (Å²) < 4.78 is 2.37. The van der Waals surface area contributed by atoms with E-state index in [1.54, 1.807) is 35.2 Å². The van der Waals surface area contributed by atoms with Crippen LogP contribution in [0.2, 0.25) is 0 Å². The van der Waals surface area contributed by atoms with Crippen molar-refractivity contribution in [2.24, 2.45) is 0 Å². The largest absolute Gasteiger partial charge is 0.338 e. The average molecular weight is 497 g/mol. The number of carbonyl (C=O) groups excluding carboxylic acids is 2. The smallest absolute Gasteiger partial charge is 0.331 e. The predicted octanol–water partition coefficient (Wildman–Crippen LogP) is 3.09. The molecule has 1 aliphatic heterocycles. The average Bonchev–Trinajstić information content (AvgIpc) is 2.92. The molecule has 1 aromatic heterocycles. The Morgan fingerprint density at radius 2 is 1.57 bits per heavy atom. The van der Waals surface area contributed by atoms with Crippen LogP contribution < -0.4 is 16.6 Å². The van der Waals surface area contributed by atoms with Gasteiger partial charge in [0.05, 0.1) is 10.9 Å². The molecule has 0 saturated carbocycles. The van der Waals surface area contributed by atoms with Crippen LogP contribution in [0.1, 0.15) is 23.1 Å². The number of hydrogen-bond acceptors (Lipinski definition) is 4. The number of rotatable bonds is 6. The van der Waals surface area contributed by atoms with Crippen LogP contribution in [0.15, 0.2) is 82.4 Å². The molecular weight excluding hydrogens is 468 g/mol. The number of amides is 2. The molecule has 0 aliphatic carbocycles. The quantitative estimate of drug-likeness (QED) is 0.444. The highest BCUT2D eigenvalue weighted by molar-refractivity contribution is 5.92. The SMILES string of the molecule is Cc1ccccc1NC(=O)Cn1c(=O)n(CCC(=O)N2CCc3ccccc3C2)c(=O)c2ccccc21. The molecule has 0 saturated heterocycles. The molecule has 2 heterocycles. The fourth-order valence-corrected chi connectivity index (χ4v) is 4.84. The third kappa shape index (κ3) is 4.95. The topological polar surface area (TPSA) is 93.4 Å². The zero-order chi connectivity index (χ0) is 25.9. The van der Waals surface area contributed by atoms with Gasteiger partial charge in [0, 0.05) is 31.7 Å². The van der Waals surface area contributed by atoms with Crippen molar-refractivity contribution in [3.05, 3.63) is 110 Å². The Morgan fingerprint density at radius 3 is 2.38 bits per heavy atom. The van der Waals surface area contributed by atoms with Gasteiger partial charge in [0.1, 0.15) is 6.54 Å². The van der Waals surface area contributed by atoms with E-state index in [4.69, 9.17) is 0 Å². The minimum absolute atomic E-state index is 0.0189. The molecule has 8 nitrogen and oxygen atoms in total. The number of nitrogens with one attached hydrogen (secondary N) is 1. The maximum atomic E-state index is 13.4. The Morgan fingerprint density at radius 1 is 0.865 bits per heavy atom. The van der Waals surface area contributed by atoms with Crippen molar-refractivity contribution in [2.75, 3.05) is 11.9 Å². The third-order valence-corrected chi connectivity index (χ3v) is 6.89. The van der Waals surface area contributed by atoms with Crippen molar-refractivity contribution in [3.63, 3.8) is 0 Å². The first kappa shape index (κ1) is 24.2. The lowest BCUT2D eigenvalue weighted by Crippen LogP contribution is -2.43. The van der Waals surface area contributed by atoms with E-state index in [1.807, 2.05) is 43.3 Å². The number of aromatic nitrogens is 2. The second kappa shape index (κ2) is 10.3. The molecule has 0 unspecified atom stereocenters. The molecule has 5 rings (SSSR count). The lowest BCUT2D eigenvalue weighted by atomic mass is 10.00. The monoisotopic (exact) mass is 496 g/mol. The second-order valence-corrected chi connectivity index (χ2v) is 9.29. The highest BCUT2D eigenvalue weighted by atomic mass is 16.2. The fraction of sp³-hybridized carbons (Fsp3) is 0.241. The molecule has 0 bridgehead atoms. The summed E-state index contributed by atoms with van der Waals surface area (Å²) in [6.07, 6.45) is 0.797. The van der Waals surface area contributed by atoms with E-state index in [0.717, 1.165) is 22.1 Å². The van der Waals surface area contributed by atoms with Crippen molar-refractivity contribution < 1.29 is 9.59 Å². The van der Waals surface area contributed by atoms with Gasteiger partial charge in [0.15, 0.2) is 0 Å². The van der Waals surface area contributed by atoms with Gasteiger partial charge in [-0.25, -0.2) is 4.79 Å². The van der Waals surface area contributed by atoms with Crippen LogP contribution in [0.4, 0.5) is 5.69 Å². The molecule has 0 radical (unpaired) electrons. The van der Waals surface area contributed by atoms with E-state index < -0.39 is 11.2 Å². The van der Waals surface area contributed by atoms with Crippen molar-refractivity contribution in [2.45, 2.75) is 39.4 Å². The molecule has 3 aromatic carbocycles. The molecule has 188 valence electrons. The van der Waals surface area contributed by atoms with Crippen molar-refractivity contribution in [1.82, 2.24) is 14.0 Å². The lowest BCUT2D eigenvalue weighted by molar-refractivity contribution is -0.132. The highest BCUT2D eigenvalue weighted by Gasteiger charge is 2.22. The Bertz CT molecular complexity index is 1620. The number of aryl methyl sites for hydroxylation is 1. The number of para-hydroxylation sites is 2. The minimum Gasteiger partial charge on any atom is -0.338 e. The van der Waals surface area contributed by atoms with E-state index in [-0.39, 0.29) is 31.3 Å². The van der Waals surface area contributed by atoms with Crippen LogP contribution in [0.5, 0.6) is 0 Å². The summed E-state index contributed by atoms with van der Waals surface area (Å²) in [6, 6.07) is 22.1. The van der Waals surface area contributed by atoms with Gasteiger partial charge in [0.2, 0.25) is 11.8 Å². The van der Waals surface area contributed by atoms with E-state index in [1.165, 1.54) is 10.1 Å². The van der Waals surface area contributed by atoms with Gasteiger partial charge in [-0.3, -0.25) is 23.5 Å². The minimum atomic E-state index is -0.611. The molecule has 1 N–H and O–H groups in total. The zero-order valence-corrected chi connectivity index (χ0v) is 20.6. The van der Waals surface area contributed by atoms with E-state index >= 15 is 0 Å². The standard InChI is InChI=1S/C29H28N4O4/c1-20-8-2-6-12-24(20)30-26(34)19-33-25-13-7-5-11-23(25)28(36)32(29(33)37)17-15-27(35)31-16-14-21-9-3-4-10-22(21)18-31/h2-13H,14-19H2,1H3,(H,30,34). The lowest BCUT2D eigenvalue weighted by Gasteiger charge is -2.29. The summed E-state index contributed by atoms with van der Waals surface area (Å²) in [4.78, 5) is 54.3. The Hall–Kier alpha value is -4.46. The highest BCUT2D eigenvalue weighted by Crippen LogP contribution is 2.19. The van der Waals surface area contributed by atoms with E-state index in [0.29, 0.717) is 29.7 Å². The maximum Gasteiger partial charge on any atom is 0.331 e. The first-order valence-electron chi connectivity index (χ1n) is 12.3. The Balaban J connectivity index is 1.39. The fourth-order valence-electron chi connectivity index (χ4n) is 4.84. The van der Waals surface area contributed by atoms with Crippen molar-refractivity contribution in [1.29, 1.82) is 0 Å². The number of nitrogens with zero attached hydrogens (tertiary/aromatic N) is 3. The maximum absolute atomic E-state index is 13.4. The van der Waals surface area contributed by atoms with Gasteiger partial charge in [-0.2, -0.15) is 0 Å². The number of hydrogen-bond donors (Lipinski definition) is 1. The summed E-state index contributed by atoms with van der Waals surface area (Å²) in [5.74, 6) is -0.493. The molecule has 2 amide bonds. The van der Waals surface area contributed by atoms with Crippen molar-refractivity contribution >= 4 is 28.4 Å². The van der Waals surface area contributed by atoms with Gasteiger partial charge in [-0.1, -0.05) is 54.6 Å². The molecular formula is C29H28N4O4. The molecule has 37 heavy (non-hydrogen) atoms. The van der Waals surface area contributed by atoms with Crippen LogP contribution in [0.3, 0.4) is 0 Å². The molecule has 4 aromatic rings. The van der Waals surface area contributed by atoms with Crippen LogP contribution in [-0.4, -0.2) is 32.4 Å². The summed E-state index contributed by atoms with van der Waals surface area (Å²) >= 11 is 0. The predicted molar refractivity (Wildman–Crippen MR) is 142 cm³/mol. The van der Waals surface area contributed by atoms with Crippen LogP contribution >= 0.6 is 0 Å². The van der Waals surface area contributed by atoms with Crippen LogP contribution in [0.25, 0.3) is 10.9 Å². The van der Waals surface area contributed by atoms with Gasteiger partial charge in [0.25, 0.3) is 5.56 Å². The zero-order valence-electron chi connectivity index (χ0n) is 20.6. The molecule has 8 heteroatoms. The molecule has 1 aliphatic rings. The van der Waals surface area contributed by atoms with Gasteiger partial charge in [-0.05, 0) is 48.2 Å². The van der Waals surface area contributed by atoms with Gasteiger partial charge >= 0.3 is 5.69 Å². The van der Waals surface area contributed by atoms with Crippen molar-refractivity contribution in [3.8, 4) is 0 Å². The van der Waals surface area contributed by atoms with E-state index in [9.17, 15) is 19.2 Å². The summed E-state index contributed by atoms with van der Waals surface area (Å²) in [6.45, 7) is 2.69. The van der Waals surface area contributed by atoms with Crippen LogP contribution in [0, 0.1) is 6.92 Å². The third-order valence-electron chi connectivity index (χ3n) is 6.89. The Labute approximate surface area is 213 Å². The summed E-state index contributed by atoms with van der Waals surface area (Å²) in [7, 11) is 0. The molecule has 0 spiro atoms. The number of anilines is 1. The van der Waals surface area contributed by atoms with Gasteiger partial charge in [-0.15, -0.1) is 0 Å². The van der Waals surface area contributed by atoms with Gasteiger partial charge < -0.3 is 10.2 Å². The number of benzene rings is 3. The summed E-state index contributed by atoms with van der Waals surface area (Å²) in [5.41, 5.74) is 3.22. The molecule has 0 fully saturated rings.